The summed E-state index contributed by atoms with van der Waals surface area (Å²) < 4.78 is 0. The third kappa shape index (κ3) is 3.95. The van der Waals surface area contributed by atoms with Gasteiger partial charge in [-0.1, -0.05) is 6.92 Å². The molecule has 0 atom stereocenters. The molecule has 1 aromatic heterocycles. The number of nitrogens with zero attached hydrogens (tertiary/aromatic N) is 2. The Hall–Kier alpha value is -1.58. The van der Waals surface area contributed by atoms with Crippen molar-refractivity contribution in [3.8, 4) is 0 Å². The van der Waals surface area contributed by atoms with Crippen LogP contribution >= 0.6 is 0 Å². The maximum atomic E-state index is 12.3. The molecule has 0 spiro atoms. The maximum Gasteiger partial charge on any atom is 0.272 e. The molecular weight excluding hydrogens is 250 g/mol. The Labute approximate surface area is 121 Å². The normalized spacial score (nSPS) is 17.1. The predicted molar refractivity (Wildman–Crippen MR) is 81.9 cm³/mol. The first kappa shape index (κ1) is 14.8. The van der Waals surface area contributed by atoms with Crippen molar-refractivity contribution in [2.45, 2.75) is 46.1 Å². The zero-order valence-corrected chi connectivity index (χ0v) is 12.9. The van der Waals surface area contributed by atoms with E-state index in [2.05, 4.69) is 38.0 Å². The van der Waals surface area contributed by atoms with E-state index in [1.54, 1.807) is 6.20 Å². The van der Waals surface area contributed by atoms with Crippen LogP contribution in [-0.2, 0) is 0 Å². The van der Waals surface area contributed by atoms with Crippen molar-refractivity contribution in [2.24, 2.45) is 5.92 Å². The summed E-state index contributed by atoms with van der Waals surface area (Å²) in [5, 5.41) is 3.35. The van der Waals surface area contributed by atoms with Gasteiger partial charge in [0.15, 0.2) is 0 Å². The molecule has 1 aliphatic rings. The van der Waals surface area contributed by atoms with Crippen molar-refractivity contribution in [2.75, 3.05) is 18.4 Å². The second-order valence-electron chi connectivity index (χ2n) is 6.78. The van der Waals surface area contributed by atoms with Crippen molar-refractivity contribution in [1.82, 2.24) is 9.88 Å². The molecule has 0 bridgehead atoms. The number of rotatable bonds is 2. The highest BCUT2D eigenvalue weighted by molar-refractivity contribution is 5.92. The lowest BCUT2D eigenvalue weighted by Gasteiger charge is -2.30. The minimum atomic E-state index is -0.00376. The van der Waals surface area contributed by atoms with Gasteiger partial charge in [0.2, 0.25) is 0 Å². The summed E-state index contributed by atoms with van der Waals surface area (Å²) in [5.41, 5.74) is 1.48. The Bertz CT molecular complexity index is 454. The lowest BCUT2D eigenvalue weighted by Crippen LogP contribution is -2.38. The van der Waals surface area contributed by atoms with Gasteiger partial charge in [-0.3, -0.25) is 4.79 Å². The fourth-order valence-corrected chi connectivity index (χ4v) is 2.40. The molecule has 1 aromatic rings. The fraction of sp³-hybridized carbons (Fsp3) is 0.625. The summed E-state index contributed by atoms with van der Waals surface area (Å²) in [6, 6.07) is 3.74. The second kappa shape index (κ2) is 5.81. The van der Waals surface area contributed by atoms with Gasteiger partial charge >= 0.3 is 0 Å². The molecule has 0 unspecified atom stereocenters. The van der Waals surface area contributed by atoms with Gasteiger partial charge in [-0.2, -0.15) is 0 Å². The number of hydrogen-bond acceptors (Lipinski definition) is 3. The first-order valence-electron chi connectivity index (χ1n) is 7.39. The number of hydrogen-bond donors (Lipinski definition) is 1. The molecule has 4 nitrogen and oxygen atoms in total. The van der Waals surface area contributed by atoms with Gasteiger partial charge in [0.05, 0.1) is 11.9 Å². The lowest BCUT2D eigenvalue weighted by molar-refractivity contribution is 0.0691. The first-order chi connectivity index (χ1) is 9.35. The Morgan fingerprint density at radius 2 is 1.95 bits per heavy atom. The Kier molecular flexibility index (Phi) is 4.31. The highest BCUT2D eigenvalue weighted by Gasteiger charge is 2.22. The number of piperidine rings is 1. The maximum absolute atomic E-state index is 12.3. The fourth-order valence-electron chi connectivity index (χ4n) is 2.40. The van der Waals surface area contributed by atoms with Crippen LogP contribution in [0.2, 0.25) is 0 Å². The van der Waals surface area contributed by atoms with Crippen LogP contribution in [0.15, 0.2) is 18.3 Å². The summed E-state index contributed by atoms with van der Waals surface area (Å²) in [4.78, 5) is 18.6. The molecule has 0 aliphatic carbocycles. The second-order valence-corrected chi connectivity index (χ2v) is 6.78. The summed E-state index contributed by atoms with van der Waals surface area (Å²) in [7, 11) is 0. The van der Waals surface area contributed by atoms with Crippen molar-refractivity contribution >= 4 is 11.6 Å². The largest absolute Gasteiger partial charge is 0.379 e. The van der Waals surface area contributed by atoms with Crippen molar-refractivity contribution < 1.29 is 4.79 Å². The predicted octanol–water partition coefficient (Wildman–Crippen LogP) is 3.16. The number of aromatic nitrogens is 1. The smallest absolute Gasteiger partial charge is 0.272 e. The van der Waals surface area contributed by atoms with Crippen molar-refractivity contribution in [3.05, 3.63) is 24.0 Å². The van der Waals surface area contributed by atoms with E-state index in [9.17, 15) is 4.79 Å². The highest BCUT2D eigenvalue weighted by Crippen LogP contribution is 2.19. The van der Waals surface area contributed by atoms with Gasteiger partial charge in [0, 0.05) is 18.6 Å². The van der Waals surface area contributed by atoms with E-state index in [1.807, 2.05) is 17.0 Å². The van der Waals surface area contributed by atoms with Crippen LogP contribution in [0, 0.1) is 5.92 Å². The molecule has 0 aromatic carbocycles. The molecule has 1 amide bonds. The summed E-state index contributed by atoms with van der Waals surface area (Å²) >= 11 is 0. The van der Waals surface area contributed by atoms with Crippen LogP contribution in [0.1, 0.15) is 51.0 Å². The SMILES string of the molecule is CC1CCN(C(=O)c2ccc(NC(C)(C)C)cn2)CC1. The zero-order chi connectivity index (χ0) is 14.8. The Morgan fingerprint density at radius 1 is 1.30 bits per heavy atom. The first-order valence-corrected chi connectivity index (χ1v) is 7.39. The number of likely N-dealkylation sites (tertiary alicyclic amines) is 1. The van der Waals surface area contributed by atoms with Crippen molar-refractivity contribution in [3.63, 3.8) is 0 Å². The molecule has 1 fully saturated rings. The topological polar surface area (TPSA) is 45.2 Å². The molecule has 0 saturated carbocycles. The Morgan fingerprint density at radius 3 is 2.45 bits per heavy atom. The van der Waals surface area contributed by atoms with Gasteiger partial charge in [0.1, 0.15) is 5.69 Å². The van der Waals surface area contributed by atoms with E-state index < -0.39 is 0 Å². The quantitative estimate of drug-likeness (QED) is 0.901. The number of carbonyl (C=O) groups excluding carboxylic acids is 1. The van der Waals surface area contributed by atoms with Crippen LogP contribution < -0.4 is 5.32 Å². The zero-order valence-electron chi connectivity index (χ0n) is 12.9. The molecule has 1 N–H and O–H groups in total. The average molecular weight is 275 g/mol. The van der Waals surface area contributed by atoms with Gasteiger partial charge in [0.25, 0.3) is 5.91 Å². The highest BCUT2D eigenvalue weighted by atomic mass is 16.2. The molecule has 110 valence electrons. The Balaban J connectivity index is 2.00. The number of amides is 1. The van der Waals surface area contributed by atoms with Crippen LogP contribution in [0.3, 0.4) is 0 Å². The minimum Gasteiger partial charge on any atom is -0.379 e. The third-order valence-corrected chi connectivity index (χ3v) is 3.57. The lowest BCUT2D eigenvalue weighted by atomic mass is 9.99. The van der Waals surface area contributed by atoms with Gasteiger partial charge in [-0.05, 0) is 51.7 Å². The summed E-state index contributed by atoms with van der Waals surface area (Å²) in [6.45, 7) is 10.2. The third-order valence-electron chi connectivity index (χ3n) is 3.57. The van der Waals surface area contributed by atoms with Crippen LogP contribution in [0.5, 0.6) is 0 Å². The molecule has 2 rings (SSSR count). The summed E-state index contributed by atoms with van der Waals surface area (Å²) in [5.74, 6) is 0.782. The number of carbonyl (C=O) groups is 1. The van der Waals surface area contributed by atoms with Gasteiger partial charge < -0.3 is 10.2 Å². The number of pyridine rings is 1. The van der Waals surface area contributed by atoms with Gasteiger partial charge in [-0.15, -0.1) is 0 Å². The van der Waals surface area contributed by atoms with E-state index in [4.69, 9.17) is 0 Å². The van der Waals surface area contributed by atoms with Crippen LogP contribution in [0.4, 0.5) is 5.69 Å². The van der Waals surface area contributed by atoms with E-state index in [0.29, 0.717) is 5.69 Å². The van der Waals surface area contributed by atoms with E-state index in [-0.39, 0.29) is 11.4 Å². The van der Waals surface area contributed by atoms with Crippen LogP contribution in [0.25, 0.3) is 0 Å². The van der Waals surface area contributed by atoms with E-state index in [1.165, 1.54) is 0 Å². The molecule has 4 heteroatoms. The number of anilines is 1. The molecule has 0 radical (unpaired) electrons. The molecule has 2 heterocycles. The average Bonchev–Trinajstić information content (AvgIpc) is 2.38. The van der Waals surface area contributed by atoms with Gasteiger partial charge in [-0.25, -0.2) is 4.98 Å². The molecule has 1 aliphatic heterocycles. The minimum absolute atomic E-state index is 0.00376. The molecule has 1 saturated heterocycles. The standard InChI is InChI=1S/C16H25N3O/c1-12-7-9-19(10-8-12)15(20)14-6-5-13(11-17-14)18-16(2,3)4/h5-6,11-12,18H,7-10H2,1-4H3. The number of nitrogens with one attached hydrogen (secondary N) is 1. The van der Waals surface area contributed by atoms with E-state index in [0.717, 1.165) is 37.5 Å². The van der Waals surface area contributed by atoms with Crippen molar-refractivity contribution in [1.29, 1.82) is 0 Å². The van der Waals surface area contributed by atoms with Crippen LogP contribution in [-0.4, -0.2) is 34.4 Å². The molecule has 20 heavy (non-hydrogen) atoms. The summed E-state index contributed by atoms with van der Waals surface area (Å²) in [6.07, 6.45) is 3.93. The monoisotopic (exact) mass is 275 g/mol. The van der Waals surface area contributed by atoms with E-state index >= 15 is 0 Å². The molecular formula is C16H25N3O.